The van der Waals surface area contributed by atoms with Gasteiger partial charge in [0.15, 0.2) is 0 Å². The lowest BCUT2D eigenvalue weighted by Gasteiger charge is -2.17. The molecular weight excluding hydrogens is 307 g/mol. The Morgan fingerprint density at radius 1 is 1.04 bits per heavy atom. The van der Waals surface area contributed by atoms with E-state index in [1.54, 1.807) is 24.3 Å². The zero-order valence-corrected chi connectivity index (χ0v) is 12.0. The molecule has 0 spiro atoms. The molecule has 1 saturated heterocycles. The molecule has 1 heterocycles. The number of alkyl carbamates (subject to hydrolysis) is 1. The number of ether oxygens (including phenoxy) is 1. The summed E-state index contributed by atoms with van der Waals surface area (Å²) in [7, 11) is 0. The van der Waals surface area contributed by atoms with Crippen LogP contribution in [0, 0.1) is 5.82 Å². The summed E-state index contributed by atoms with van der Waals surface area (Å²) in [5.74, 6) is -0.370. The Bertz CT molecular complexity index is 686. The van der Waals surface area contributed by atoms with Gasteiger partial charge in [-0.25, -0.2) is 18.0 Å². The fourth-order valence-corrected chi connectivity index (χ4v) is 2.62. The number of nitrogens with one attached hydrogen (secondary N) is 1. The number of halogens is 3. The van der Waals surface area contributed by atoms with E-state index in [0.29, 0.717) is 12.0 Å². The normalized spacial score (nSPS) is 20.4. The Labute approximate surface area is 131 Å². The van der Waals surface area contributed by atoms with E-state index < -0.39 is 18.6 Å². The van der Waals surface area contributed by atoms with Gasteiger partial charge in [0.05, 0.1) is 6.04 Å². The van der Waals surface area contributed by atoms with Crippen LogP contribution in [0.5, 0.6) is 0 Å². The average Bonchev–Trinajstić information content (AvgIpc) is 2.89. The molecule has 2 atom stereocenters. The molecule has 0 bridgehead atoms. The fraction of sp³-hybridized carbons (Fsp3) is 0.235. The predicted molar refractivity (Wildman–Crippen MR) is 77.6 cm³/mol. The molecule has 1 aliphatic heterocycles. The predicted octanol–water partition coefficient (Wildman–Crippen LogP) is 4.16. The van der Waals surface area contributed by atoms with Crippen LogP contribution < -0.4 is 5.32 Å². The minimum absolute atomic E-state index is 0.0458. The second kappa shape index (κ2) is 6.32. The topological polar surface area (TPSA) is 38.3 Å². The third kappa shape index (κ3) is 3.47. The highest BCUT2D eigenvalue weighted by molar-refractivity contribution is 5.70. The van der Waals surface area contributed by atoms with E-state index in [1.807, 2.05) is 0 Å². The summed E-state index contributed by atoms with van der Waals surface area (Å²) in [6.07, 6.45) is -3.17. The molecule has 0 radical (unpaired) electrons. The molecule has 120 valence electrons. The quantitative estimate of drug-likeness (QED) is 0.918. The summed E-state index contributed by atoms with van der Waals surface area (Å²) < 4.78 is 43.4. The van der Waals surface area contributed by atoms with Gasteiger partial charge in [-0.15, -0.1) is 0 Å². The monoisotopic (exact) mass is 321 g/mol. The number of hydrogen-bond donors (Lipinski definition) is 1. The Hall–Kier alpha value is -2.50. The van der Waals surface area contributed by atoms with Crippen LogP contribution in [0.3, 0.4) is 0 Å². The molecule has 0 aromatic heterocycles. The molecule has 6 heteroatoms. The van der Waals surface area contributed by atoms with Crippen molar-refractivity contribution in [2.75, 3.05) is 0 Å². The van der Waals surface area contributed by atoms with Crippen molar-refractivity contribution in [3.8, 4) is 0 Å². The number of hydrogen-bond acceptors (Lipinski definition) is 2. The molecule has 23 heavy (non-hydrogen) atoms. The number of alkyl halides is 2. The van der Waals surface area contributed by atoms with Crippen molar-refractivity contribution >= 4 is 6.09 Å². The number of cyclic esters (lactones) is 1. The van der Waals surface area contributed by atoms with Crippen molar-refractivity contribution in [3.05, 3.63) is 71.0 Å². The van der Waals surface area contributed by atoms with Gasteiger partial charge in [-0.1, -0.05) is 36.4 Å². The highest BCUT2D eigenvalue weighted by atomic mass is 19.3. The highest BCUT2D eigenvalue weighted by Gasteiger charge is 2.35. The first kappa shape index (κ1) is 15.4. The summed E-state index contributed by atoms with van der Waals surface area (Å²) in [6.45, 7) is 0. The van der Waals surface area contributed by atoms with E-state index in [1.165, 1.54) is 24.3 Å². The summed E-state index contributed by atoms with van der Waals surface area (Å²) in [6, 6.07) is 11.3. The SMILES string of the molecule is O=C1NC(Cc2ccc(C(F)F)cc2)C(c2ccc(F)cc2)O1. The minimum Gasteiger partial charge on any atom is -0.439 e. The standard InChI is InChI=1S/C17H14F3NO2/c18-13-7-5-11(6-8-13)15-14(21-17(22)23-15)9-10-1-3-12(4-2-10)16(19)20/h1-8,14-16H,9H2,(H,21,22). The third-order valence-electron chi connectivity index (χ3n) is 3.79. The first-order valence-electron chi connectivity index (χ1n) is 7.12. The zero-order chi connectivity index (χ0) is 16.4. The van der Waals surface area contributed by atoms with E-state index in [4.69, 9.17) is 4.74 Å². The van der Waals surface area contributed by atoms with Crippen LogP contribution >= 0.6 is 0 Å². The van der Waals surface area contributed by atoms with Crippen molar-refractivity contribution in [3.63, 3.8) is 0 Å². The number of amides is 1. The van der Waals surface area contributed by atoms with Crippen molar-refractivity contribution in [1.29, 1.82) is 0 Å². The lowest BCUT2D eigenvalue weighted by Crippen LogP contribution is -2.30. The molecule has 2 unspecified atom stereocenters. The number of rotatable bonds is 4. The molecule has 0 saturated carbocycles. The number of carbonyl (C=O) groups is 1. The summed E-state index contributed by atoms with van der Waals surface area (Å²) in [5, 5.41) is 2.70. The van der Waals surface area contributed by atoms with Crippen LogP contribution in [0.2, 0.25) is 0 Å². The molecule has 0 aliphatic carbocycles. The lowest BCUT2D eigenvalue weighted by molar-refractivity contribution is 0.132. The van der Waals surface area contributed by atoms with Crippen molar-refractivity contribution < 1.29 is 22.7 Å². The number of benzene rings is 2. The van der Waals surface area contributed by atoms with Gasteiger partial charge < -0.3 is 10.1 Å². The van der Waals surface area contributed by atoms with Crippen molar-refractivity contribution in [2.24, 2.45) is 0 Å². The molecule has 2 aromatic carbocycles. The van der Waals surface area contributed by atoms with Crippen molar-refractivity contribution in [2.45, 2.75) is 25.0 Å². The first-order chi connectivity index (χ1) is 11.0. The molecule has 3 rings (SSSR count). The van der Waals surface area contributed by atoms with Gasteiger partial charge in [0.2, 0.25) is 0 Å². The lowest BCUT2D eigenvalue weighted by atomic mass is 9.96. The highest BCUT2D eigenvalue weighted by Crippen LogP contribution is 2.29. The van der Waals surface area contributed by atoms with Gasteiger partial charge in [-0.3, -0.25) is 0 Å². The van der Waals surface area contributed by atoms with Crippen molar-refractivity contribution in [1.82, 2.24) is 5.32 Å². The average molecular weight is 321 g/mol. The van der Waals surface area contributed by atoms with E-state index in [9.17, 15) is 18.0 Å². The Morgan fingerprint density at radius 2 is 1.70 bits per heavy atom. The van der Waals surface area contributed by atoms with Gasteiger partial charge >= 0.3 is 6.09 Å². The van der Waals surface area contributed by atoms with Gasteiger partial charge in [-0.05, 0) is 29.7 Å². The molecule has 1 N–H and O–H groups in total. The summed E-state index contributed by atoms with van der Waals surface area (Å²) >= 11 is 0. The van der Waals surface area contributed by atoms with Gasteiger partial charge in [-0.2, -0.15) is 0 Å². The molecule has 2 aromatic rings. The maximum atomic E-state index is 13.0. The molecule has 3 nitrogen and oxygen atoms in total. The van der Waals surface area contributed by atoms with E-state index >= 15 is 0 Å². The number of carbonyl (C=O) groups excluding carboxylic acids is 1. The first-order valence-corrected chi connectivity index (χ1v) is 7.12. The second-order valence-electron chi connectivity index (χ2n) is 5.37. The zero-order valence-electron chi connectivity index (χ0n) is 12.0. The van der Waals surface area contributed by atoms with Crippen LogP contribution in [0.25, 0.3) is 0 Å². The van der Waals surface area contributed by atoms with E-state index in [2.05, 4.69) is 5.32 Å². The summed E-state index contributed by atoms with van der Waals surface area (Å²) in [4.78, 5) is 11.5. The smallest absolute Gasteiger partial charge is 0.408 e. The third-order valence-corrected chi connectivity index (χ3v) is 3.79. The van der Waals surface area contributed by atoms with E-state index in [-0.39, 0.29) is 17.4 Å². The molecule has 1 aliphatic rings. The van der Waals surface area contributed by atoms with Gasteiger partial charge in [0.25, 0.3) is 6.43 Å². The Morgan fingerprint density at radius 3 is 2.30 bits per heavy atom. The van der Waals surface area contributed by atoms with Crippen LogP contribution in [0.15, 0.2) is 48.5 Å². The van der Waals surface area contributed by atoms with Crippen LogP contribution in [-0.2, 0) is 11.2 Å². The molecular formula is C17H14F3NO2. The Balaban J connectivity index is 1.77. The maximum Gasteiger partial charge on any atom is 0.408 e. The summed E-state index contributed by atoms with van der Waals surface area (Å²) in [5.41, 5.74) is 1.44. The van der Waals surface area contributed by atoms with E-state index in [0.717, 1.165) is 5.56 Å². The minimum atomic E-state index is -2.51. The molecule has 1 fully saturated rings. The second-order valence-corrected chi connectivity index (χ2v) is 5.37. The largest absolute Gasteiger partial charge is 0.439 e. The maximum absolute atomic E-state index is 13.0. The van der Waals surface area contributed by atoms with Crippen LogP contribution in [0.4, 0.5) is 18.0 Å². The van der Waals surface area contributed by atoms with Gasteiger partial charge in [0.1, 0.15) is 11.9 Å². The van der Waals surface area contributed by atoms with Crippen LogP contribution in [-0.4, -0.2) is 12.1 Å². The van der Waals surface area contributed by atoms with Gasteiger partial charge in [0, 0.05) is 5.56 Å². The fourth-order valence-electron chi connectivity index (χ4n) is 2.62. The Kier molecular flexibility index (Phi) is 4.23. The molecule has 1 amide bonds. The van der Waals surface area contributed by atoms with Crippen LogP contribution in [0.1, 0.15) is 29.2 Å².